The van der Waals surface area contributed by atoms with Gasteiger partial charge in [0, 0.05) is 12.2 Å². The fraction of sp³-hybridized carbons (Fsp3) is 0.312. The van der Waals surface area contributed by atoms with Crippen LogP contribution >= 0.6 is 0 Å². The Morgan fingerprint density at radius 2 is 2.00 bits per heavy atom. The number of hydrogen-bond donors (Lipinski definition) is 2. The van der Waals surface area contributed by atoms with E-state index in [-0.39, 0.29) is 5.91 Å². The molecule has 110 valence electrons. The van der Waals surface area contributed by atoms with E-state index in [9.17, 15) is 4.79 Å². The Balaban J connectivity index is 2.02. The van der Waals surface area contributed by atoms with Crippen LogP contribution in [-0.4, -0.2) is 22.6 Å². The monoisotopic (exact) mass is 284 g/mol. The first-order chi connectivity index (χ1) is 10.2. The SMILES string of the molecule is CCCNc1ccc(C(=O)Nc2cccc(CC)c2)nn1. The van der Waals surface area contributed by atoms with Crippen LogP contribution in [-0.2, 0) is 6.42 Å². The van der Waals surface area contributed by atoms with E-state index in [0.29, 0.717) is 11.5 Å². The van der Waals surface area contributed by atoms with E-state index in [1.807, 2.05) is 24.3 Å². The van der Waals surface area contributed by atoms with E-state index in [1.54, 1.807) is 12.1 Å². The molecule has 21 heavy (non-hydrogen) atoms. The first-order valence-corrected chi connectivity index (χ1v) is 7.20. The third-order valence-corrected chi connectivity index (χ3v) is 3.05. The molecule has 0 saturated heterocycles. The highest BCUT2D eigenvalue weighted by atomic mass is 16.1. The van der Waals surface area contributed by atoms with Crippen molar-refractivity contribution in [1.82, 2.24) is 10.2 Å². The van der Waals surface area contributed by atoms with Crippen molar-refractivity contribution in [2.45, 2.75) is 26.7 Å². The minimum Gasteiger partial charge on any atom is -0.369 e. The van der Waals surface area contributed by atoms with Crippen molar-refractivity contribution < 1.29 is 4.79 Å². The van der Waals surface area contributed by atoms with Gasteiger partial charge in [0.05, 0.1) is 0 Å². The second kappa shape index (κ2) is 7.38. The number of carbonyl (C=O) groups excluding carboxylic acids is 1. The van der Waals surface area contributed by atoms with Crippen LogP contribution in [0, 0.1) is 0 Å². The molecular weight excluding hydrogens is 264 g/mol. The number of hydrogen-bond acceptors (Lipinski definition) is 4. The maximum Gasteiger partial charge on any atom is 0.276 e. The maximum atomic E-state index is 12.1. The van der Waals surface area contributed by atoms with Gasteiger partial charge < -0.3 is 10.6 Å². The summed E-state index contributed by atoms with van der Waals surface area (Å²) < 4.78 is 0. The molecule has 0 spiro atoms. The highest BCUT2D eigenvalue weighted by Crippen LogP contribution is 2.12. The predicted molar refractivity (Wildman–Crippen MR) is 84.6 cm³/mol. The predicted octanol–water partition coefficient (Wildman–Crippen LogP) is 3.11. The molecule has 0 unspecified atom stereocenters. The van der Waals surface area contributed by atoms with E-state index in [4.69, 9.17) is 0 Å². The van der Waals surface area contributed by atoms with Gasteiger partial charge in [-0.3, -0.25) is 4.79 Å². The van der Waals surface area contributed by atoms with E-state index in [0.717, 1.165) is 25.1 Å². The van der Waals surface area contributed by atoms with Crippen molar-refractivity contribution in [2.75, 3.05) is 17.2 Å². The Morgan fingerprint density at radius 1 is 1.14 bits per heavy atom. The van der Waals surface area contributed by atoms with E-state index in [1.165, 1.54) is 5.56 Å². The first kappa shape index (κ1) is 15.0. The zero-order chi connectivity index (χ0) is 15.1. The van der Waals surface area contributed by atoms with Gasteiger partial charge in [-0.25, -0.2) is 0 Å². The number of rotatable bonds is 6. The summed E-state index contributed by atoms with van der Waals surface area (Å²) in [5, 5.41) is 13.9. The fourth-order valence-corrected chi connectivity index (χ4v) is 1.86. The van der Waals surface area contributed by atoms with Crippen LogP contribution in [0.2, 0.25) is 0 Å². The van der Waals surface area contributed by atoms with Crippen LogP contribution in [0.4, 0.5) is 11.5 Å². The third kappa shape index (κ3) is 4.27. The highest BCUT2D eigenvalue weighted by Gasteiger charge is 2.08. The molecule has 0 saturated carbocycles. The molecule has 1 aromatic carbocycles. The molecule has 5 heteroatoms. The zero-order valence-corrected chi connectivity index (χ0v) is 12.4. The molecule has 1 amide bonds. The molecule has 0 fully saturated rings. The summed E-state index contributed by atoms with van der Waals surface area (Å²) in [6.07, 6.45) is 1.94. The molecule has 1 aromatic heterocycles. The van der Waals surface area contributed by atoms with Gasteiger partial charge in [0.2, 0.25) is 0 Å². The van der Waals surface area contributed by atoms with E-state index in [2.05, 4.69) is 34.7 Å². The minimum atomic E-state index is -0.252. The van der Waals surface area contributed by atoms with Gasteiger partial charge in [-0.05, 0) is 42.7 Å². The van der Waals surface area contributed by atoms with Crippen LogP contribution < -0.4 is 10.6 Å². The standard InChI is InChI=1S/C16H20N4O/c1-3-10-17-15-9-8-14(19-20-15)16(21)18-13-7-5-6-12(4-2)11-13/h5-9,11H,3-4,10H2,1-2H3,(H,17,20)(H,18,21). The lowest BCUT2D eigenvalue weighted by atomic mass is 10.1. The van der Waals surface area contributed by atoms with Gasteiger partial charge in [0.1, 0.15) is 5.82 Å². The van der Waals surface area contributed by atoms with Crippen molar-refractivity contribution in [3.63, 3.8) is 0 Å². The molecule has 0 aliphatic heterocycles. The highest BCUT2D eigenvalue weighted by molar-refractivity contribution is 6.02. The molecule has 0 aliphatic carbocycles. The van der Waals surface area contributed by atoms with Crippen molar-refractivity contribution >= 4 is 17.4 Å². The molecule has 0 atom stereocenters. The Hall–Kier alpha value is -2.43. The zero-order valence-electron chi connectivity index (χ0n) is 12.4. The van der Waals surface area contributed by atoms with Crippen LogP contribution in [0.3, 0.4) is 0 Å². The molecule has 2 aromatic rings. The largest absolute Gasteiger partial charge is 0.369 e. The molecule has 2 rings (SSSR count). The number of amides is 1. The number of nitrogens with zero attached hydrogens (tertiary/aromatic N) is 2. The Labute approximate surface area is 124 Å². The van der Waals surface area contributed by atoms with Crippen molar-refractivity contribution in [3.8, 4) is 0 Å². The lowest BCUT2D eigenvalue weighted by Gasteiger charge is -2.07. The van der Waals surface area contributed by atoms with E-state index >= 15 is 0 Å². The normalized spacial score (nSPS) is 10.2. The summed E-state index contributed by atoms with van der Waals surface area (Å²) in [6, 6.07) is 11.2. The summed E-state index contributed by atoms with van der Waals surface area (Å²) in [7, 11) is 0. The number of anilines is 2. The third-order valence-electron chi connectivity index (χ3n) is 3.05. The van der Waals surface area contributed by atoms with Gasteiger partial charge in [-0.15, -0.1) is 10.2 Å². The lowest BCUT2D eigenvalue weighted by Crippen LogP contribution is -2.15. The topological polar surface area (TPSA) is 66.9 Å². The second-order valence-electron chi connectivity index (χ2n) is 4.74. The van der Waals surface area contributed by atoms with Gasteiger partial charge >= 0.3 is 0 Å². The Bertz CT molecular complexity index is 595. The summed E-state index contributed by atoms with van der Waals surface area (Å²) in [5.74, 6) is 0.430. The number of benzene rings is 1. The van der Waals surface area contributed by atoms with Crippen molar-refractivity contribution in [3.05, 3.63) is 47.7 Å². The van der Waals surface area contributed by atoms with E-state index < -0.39 is 0 Å². The molecule has 1 heterocycles. The lowest BCUT2D eigenvalue weighted by molar-refractivity contribution is 0.102. The first-order valence-electron chi connectivity index (χ1n) is 7.20. The summed E-state index contributed by atoms with van der Waals surface area (Å²) in [4.78, 5) is 12.1. The molecule has 0 aliphatic rings. The van der Waals surface area contributed by atoms with Crippen LogP contribution in [0.25, 0.3) is 0 Å². The Kier molecular flexibility index (Phi) is 5.26. The minimum absolute atomic E-state index is 0.252. The number of nitrogens with one attached hydrogen (secondary N) is 2. The fourth-order valence-electron chi connectivity index (χ4n) is 1.86. The smallest absolute Gasteiger partial charge is 0.276 e. The van der Waals surface area contributed by atoms with Gasteiger partial charge in [-0.1, -0.05) is 26.0 Å². The Morgan fingerprint density at radius 3 is 2.67 bits per heavy atom. The number of aryl methyl sites for hydroxylation is 1. The summed E-state index contributed by atoms with van der Waals surface area (Å²) in [5.41, 5.74) is 2.26. The van der Waals surface area contributed by atoms with Crippen LogP contribution in [0.1, 0.15) is 36.3 Å². The number of carbonyl (C=O) groups is 1. The average molecular weight is 284 g/mol. The summed E-state index contributed by atoms with van der Waals surface area (Å²) in [6.45, 7) is 4.99. The van der Waals surface area contributed by atoms with Crippen LogP contribution in [0.5, 0.6) is 0 Å². The summed E-state index contributed by atoms with van der Waals surface area (Å²) >= 11 is 0. The van der Waals surface area contributed by atoms with Gasteiger partial charge in [0.25, 0.3) is 5.91 Å². The van der Waals surface area contributed by atoms with Crippen molar-refractivity contribution in [2.24, 2.45) is 0 Å². The van der Waals surface area contributed by atoms with Crippen LogP contribution in [0.15, 0.2) is 36.4 Å². The maximum absolute atomic E-state index is 12.1. The quantitative estimate of drug-likeness (QED) is 0.855. The molecule has 0 bridgehead atoms. The molecular formula is C16H20N4O. The van der Waals surface area contributed by atoms with Crippen molar-refractivity contribution in [1.29, 1.82) is 0 Å². The average Bonchev–Trinajstić information content (AvgIpc) is 2.53. The molecule has 2 N–H and O–H groups in total. The molecule has 0 radical (unpaired) electrons. The van der Waals surface area contributed by atoms with Gasteiger partial charge in [0.15, 0.2) is 5.69 Å². The molecule has 5 nitrogen and oxygen atoms in total. The van der Waals surface area contributed by atoms with Gasteiger partial charge in [-0.2, -0.15) is 0 Å². The number of aromatic nitrogens is 2. The second-order valence-corrected chi connectivity index (χ2v) is 4.74.